The standard InChI is InChI=1S/C28H28O8/c1-13(2)18(36-32)12-17-21(30)19-20(29)16-11-14-7-9-27(3,4)34-23(14)22(31)26(16)33-25(19)15-8-10-28(5,6)35-24(15)17/h7-11,18,30-32H,1,12H2,2-6H3. The monoisotopic (exact) mass is 492 g/mol. The lowest BCUT2D eigenvalue weighted by molar-refractivity contribution is -0.268. The highest BCUT2D eigenvalue weighted by atomic mass is 17.1. The number of phenols is 2. The quantitative estimate of drug-likeness (QED) is 0.184. The summed E-state index contributed by atoms with van der Waals surface area (Å²) in [5, 5.41) is 31.9. The van der Waals surface area contributed by atoms with Crippen molar-refractivity contribution in [2.75, 3.05) is 0 Å². The average Bonchev–Trinajstić information content (AvgIpc) is 2.79. The van der Waals surface area contributed by atoms with E-state index in [9.17, 15) is 20.3 Å². The summed E-state index contributed by atoms with van der Waals surface area (Å²) in [6.07, 6.45) is 6.32. The maximum atomic E-state index is 13.8. The maximum Gasteiger partial charge on any atom is 0.204 e. The van der Waals surface area contributed by atoms with Crippen LogP contribution in [-0.4, -0.2) is 32.8 Å². The van der Waals surface area contributed by atoms with E-state index >= 15 is 0 Å². The number of hydrogen-bond donors (Lipinski definition) is 3. The summed E-state index contributed by atoms with van der Waals surface area (Å²) in [6.45, 7) is 12.9. The highest BCUT2D eigenvalue weighted by molar-refractivity contribution is 6.02. The largest absolute Gasteiger partial charge is 0.507 e. The Hall–Kier alpha value is -3.75. The predicted molar refractivity (Wildman–Crippen MR) is 137 cm³/mol. The fraction of sp³-hybridized carbons (Fsp3) is 0.321. The summed E-state index contributed by atoms with van der Waals surface area (Å²) < 4.78 is 18.3. The van der Waals surface area contributed by atoms with Crippen molar-refractivity contribution in [1.29, 1.82) is 0 Å². The third-order valence-electron chi connectivity index (χ3n) is 6.54. The van der Waals surface area contributed by atoms with Crippen molar-refractivity contribution < 1.29 is 34.2 Å². The molecule has 0 fully saturated rings. The van der Waals surface area contributed by atoms with Gasteiger partial charge in [-0.3, -0.25) is 10.1 Å². The van der Waals surface area contributed by atoms with E-state index in [1.807, 2.05) is 39.8 Å². The average molecular weight is 493 g/mol. The molecule has 1 unspecified atom stereocenters. The van der Waals surface area contributed by atoms with Gasteiger partial charge >= 0.3 is 0 Å². The van der Waals surface area contributed by atoms with Gasteiger partial charge in [0.25, 0.3) is 0 Å². The molecule has 36 heavy (non-hydrogen) atoms. The molecule has 3 aromatic rings. The number of fused-ring (bicyclic) bond motifs is 5. The molecule has 0 saturated carbocycles. The second-order valence-electron chi connectivity index (χ2n) is 10.4. The Labute approximate surface area is 207 Å². The highest BCUT2D eigenvalue weighted by Gasteiger charge is 2.33. The number of phenolic OH excluding ortho intramolecular Hbond substituents is 2. The Morgan fingerprint density at radius 3 is 2.31 bits per heavy atom. The van der Waals surface area contributed by atoms with Crippen LogP contribution in [0, 0.1) is 0 Å². The first kappa shape index (κ1) is 24.0. The van der Waals surface area contributed by atoms with Crippen LogP contribution in [0.3, 0.4) is 0 Å². The number of rotatable bonds is 4. The molecule has 0 spiro atoms. The summed E-state index contributed by atoms with van der Waals surface area (Å²) in [5.41, 5.74) is -0.152. The zero-order valence-corrected chi connectivity index (χ0v) is 20.8. The van der Waals surface area contributed by atoms with Gasteiger partial charge in [0.1, 0.15) is 34.2 Å². The van der Waals surface area contributed by atoms with Crippen LogP contribution in [0.2, 0.25) is 0 Å². The third-order valence-corrected chi connectivity index (χ3v) is 6.54. The molecular formula is C28H28O8. The first-order valence-corrected chi connectivity index (χ1v) is 11.6. The first-order chi connectivity index (χ1) is 16.8. The van der Waals surface area contributed by atoms with Gasteiger partial charge in [0.05, 0.1) is 10.9 Å². The Balaban J connectivity index is 1.88. The zero-order chi connectivity index (χ0) is 26.2. The topological polar surface area (TPSA) is 119 Å². The summed E-state index contributed by atoms with van der Waals surface area (Å²) in [7, 11) is 0. The lowest BCUT2D eigenvalue weighted by Crippen LogP contribution is -2.29. The molecule has 188 valence electrons. The molecule has 2 aromatic carbocycles. The molecule has 0 saturated heterocycles. The molecule has 3 N–H and O–H groups in total. The second-order valence-corrected chi connectivity index (χ2v) is 10.4. The van der Waals surface area contributed by atoms with Crippen LogP contribution in [0.1, 0.15) is 51.3 Å². The zero-order valence-electron chi connectivity index (χ0n) is 20.8. The Morgan fingerprint density at radius 2 is 1.67 bits per heavy atom. The molecule has 5 rings (SSSR count). The number of hydrogen-bond acceptors (Lipinski definition) is 8. The summed E-state index contributed by atoms with van der Waals surface area (Å²) >= 11 is 0. The Kier molecular flexibility index (Phi) is 5.24. The SMILES string of the molecule is C=C(C)C(Cc1c2c(c3oc4c(O)c5c(cc4c(=O)c3c1O)C=CC(C)(C)O5)C=CC(C)(C)O2)OO. The van der Waals surface area contributed by atoms with Crippen LogP contribution in [0.5, 0.6) is 23.0 Å². The minimum absolute atomic E-state index is 0.00155. The molecule has 2 aliphatic rings. The summed E-state index contributed by atoms with van der Waals surface area (Å²) in [4.78, 5) is 18.4. The van der Waals surface area contributed by atoms with Crippen molar-refractivity contribution in [3.05, 3.63) is 57.3 Å². The van der Waals surface area contributed by atoms with E-state index < -0.39 is 22.7 Å². The molecule has 8 heteroatoms. The highest BCUT2D eigenvalue weighted by Crippen LogP contribution is 2.48. The third kappa shape index (κ3) is 3.65. The van der Waals surface area contributed by atoms with Gasteiger partial charge in [0, 0.05) is 17.5 Å². The molecule has 2 aliphatic heterocycles. The first-order valence-electron chi connectivity index (χ1n) is 11.6. The maximum absolute atomic E-state index is 13.8. The molecule has 1 atom stereocenters. The van der Waals surface area contributed by atoms with Crippen molar-refractivity contribution in [3.8, 4) is 23.0 Å². The number of ether oxygens (including phenoxy) is 2. The molecule has 0 radical (unpaired) electrons. The van der Waals surface area contributed by atoms with Gasteiger partial charge in [-0.15, -0.1) is 0 Å². The fourth-order valence-electron chi connectivity index (χ4n) is 4.59. The molecule has 3 heterocycles. The van der Waals surface area contributed by atoms with Crippen molar-refractivity contribution in [2.45, 2.75) is 58.3 Å². The Bertz CT molecular complexity index is 1570. The summed E-state index contributed by atoms with van der Waals surface area (Å²) in [5.74, 6) is -0.146. The summed E-state index contributed by atoms with van der Waals surface area (Å²) in [6, 6.07) is 1.57. The number of benzene rings is 2. The van der Waals surface area contributed by atoms with Crippen molar-refractivity contribution in [2.24, 2.45) is 0 Å². The van der Waals surface area contributed by atoms with Crippen LogP contribution >= 0.6 is 0 Å². The minimum atomic E-state index is -0.843. The molecule has 0 bridgehead atoms. The van der Waals surface area contributed by atoms with Crippen molar-refractivity contribution in [1.82, 2.24) is 0 Å². The van der Waals surface area contributed by atoms with E-state index in [1.165, 1.54) is 0 Å². The van der Waals surface area contributed by atoms with Gasteiger partial charge in [-0.05, 0) is 64.5 Å². The van der Waals surface area contributed by atoms with E-state index in [0.29, 0.717) is 16.7 Å². The van der Waals surface area contributed by atoms with E-state index in [2.05, 4.69) is 11.5 Å². The van der Waals surface area contributed by atoms with Gasteiger partial charge in [-0.25, -0.2) is 4.89 Å². The van der Waals surface area contributed by atoms with Crippen molar-refractivity contribution in [3.63, 3.8) is 0 Å². The van der Waals surface area contributed by atoms with Gasteiger partial charge in [-0.1, -0.05) is 12.7 Å². The van der Waals surface area contributed by atoms with Crippen molar-refractivity contribution >= 4 is 34.1 Å². The van der Waals surface area contributed by atoms with Gasteiger partial charge in [-0.2, -0.15) is 0 Å². The second kappa shape index (κ2) is 7.88. The van der Waals surface area contributed by atoms with Crippen LogP contribution in [0.4, 0.5) is 0 Å². The Morgan fingerprint density at radius 1 is 1.03 bits per heavy atom. The number of aromatic hydroxyl groups is 2. The smallest absolute Gasteiger partial charge is 0.204 e. The van der Waals surface area contributed by atoms with E-state index in [-0.39, 0.29) is 56.9 Å². The molecule has 0 amide bonds. The van der Waals surface area contributed by atoms with Crippen LogP contribution in [0.15, 0.2) is 39.6 Å². The van der Waals surface area contributed by atoms with Crippen LogP contribution in [-0.2, 0) is 11.3 Å². The minimum Gasteiger partial charge on any atom is -0.507 e. The van der Waals surface area contributed by atoms with Gasteiger partial charge in [0.2, 0.25) is 11.2 Å². The molecule has 0 aliphatic carbocycles. The van der Waals surface area contributed by atoms with E-state index in [0.717, 1.165) is 0 Å². The van der Waals surface area contributed by atoms with Crippen LogP contribution in [0.25, 0.3) is 34.1 Å². The van der Waals surface area contributed by atoms with E-state index in [1.54, 1.807) is 25.1 Å². The normalized spacial score (nSPS) is 17.8. The lowest BCUT2D eigenvalue weighted by atomic mass is 9.92. The lowest BCUT2D eigenvalue weighted by Gasteiger charge is -2.31. The molecular weight excluding hydrogens is 464 g/mol. The van der Waals surface area contributed by atoms with Gasteiger partial charge in [0.15, 0.2) is 16.9 Å². The molecule has 1 aromatic heterocycles. The fourth-order valence-corrected chi connectivity index (χ4v) is 4.59. The molecule has 8 nitrogen and oxygen atoms in total. The van der Waals surface area contributed by atoms with Crippen LogP contribution < -0.4 is 14.9 Å². The van der Waals surface area contributed by atoms with Gasteiger partial charge < -0.3 is 24.1 Å². The predicted octanol–water partition coefficient (Wildman–Crippen LogP) is 5.70. The van der Waals surface area contributed by atoms with E-state index in [4.69, 9.17) is 13.9 Å².